The van der Waals surface area contributed by atoms with E-state index in [1.54, 1.807) is 6.33 Å². The third-order valence-corrected chi connectivity index (χ3v) is 5.87. The molecule has 2 aliphatic rings. The van der Waals surface area contributed by atoms with Crippen LogP contribution in [0.2, 0.25) is 0 Å². The number of piperidine rings is 1. The van der Waals surface area contributed by atoms with Crippen molar-refractivity contribution in [3.63, 3.8) is 0 Å². The Kier molecular flexibility index (Phi) is 5.34. The van der Waals surface area contributed by atoms with Crippen molar-refractivity contribution in [3.8, 4) is 0 Å². The van der Waals surface area contributed by atoms with Gasteiger partial charge in [0.25, 0.3) is 5.95 Å². The lowest BCUT2D eigenvalue weighted by Gasteiger charge is -2.31. The zero-order valence-corrected chi connectivity index (χ0v) is 16.8. The van der Waals surface area contributed by atoms with Gasteiger partial charge in [0.1, 0.15) is 18.0 Å². The summed E-state index contributed by atoms with van der Waals surface area (Å²) in [5.74, 6) is 3.87. The summed E-state index contributed by atoms with van der Waals surface area (Å²) in [5.41, 5.74) is 0. The molecular weight excluding hydrogens is 358 g/mol. The number of rotatable bonds is 5. The first-order chi connectivity index (χ1) is 13.5. The van der Waals surface area contributed by atoms with Crippen molar-refractivity contribution in [2.75, 3.05) is 55.0 Å². The van der Waals surface area contributed by atoms with Crippen molar-refractivity contribution in [3.05, 3.63) is 18.3 Å². The fourth-order valence-corrected chi connectivity index (χ4v) is 4.00. The lowest BCUT2D eigenvalue weighted by molar-refractivity contribution is 0.136. The van der Waals surface area contributed by atoms with Crippen LogP contribution in [-0.4, -0.2) is 71.6 Å². The minimum absolute atomic E-state index is 0.275. The highest BCUT2D eigenvalue weighted by Crippen LogP contribution is 2.31. The smallest absolute Gasteiger partial charge is 0.265 e. The monoisotopic (exact) mass is 387 g/mol. The van der Waals surface area contributed by atoms with Crippen LogP contribution in [-0.2, 0) is 0 Å². The van der Waals surface area contributed by atoms with Gasteiger partial charge in [0.15, 0.2) is 0 Å². The molecule has 2 aromatic rings. The second-order valence-electron chi connectivity index (χ2n) is 8.06. The Balaban J connectivity index is 1.38. The number of hydrogen-bond donors (Lipinski definition) is 1. The van der Waals surface area contributed by atoms with E-state index in [1.165, 1.54) is 0 Å². The van der Waals surface area contributed by atoms with E-state index in [0.717, 1.165) is 63.0 Å². The Labute approximate surface area is 165 Å². The zero-order chi connectivity index (χ0) is 19.7. The molecule has 2 aliphatic heterocycles. The third kappa shape index (κ3) is 3.89. The molecule has 0 bridgehead atoms. The summed E-state index contributed by atoms with van der Waals surface area (Å²) in [7, 11) is 3.82. The Morgan fingerprint density at radius 1 is 1.11 bits per heavy atom. The topological polar surface area (TPSA) is 94.7 Å². The van der Waals surface area contributed by atoms with Crippen molar-refractivity contribution in [1.29, 1.82) is 0 Å². The Morgan fingerprint density at radius 2 is 1.79 bits per heavy atom. The normalized spacial score (nSPS) is 21.9. The van der Waals surface area contributed by atoms with Gasteiger partial charge in [-0.1, -0.05) is 0 Å². The molecule has 2 fully saturated rings. The van der Waals surface area contributed by atoms with Crippen LogP contribution in [0.3, 0.4) is 0 Å². The maximum absolute atomic E-state index is 9.84. The van der Waals surface area contributed by atoms with Gasteiger partial charge in [0.05, 0.1) is 6.10 Å². The largest absolute Gasteiger partial charge is 0.393 e. The third-order valence-electron chi connectivity index (χ3n) is 5.87. The van der Waals surface area contributed by atoms with Gasteiger partial charge in [0, 0.05) is 58.2 Å². The lowest BCUT2D eigenvalue weighted by atomic mass is 9.97. The quantitative estimate of drug-likeness (QED) is 0.819. The van der Waals surface area contributed by atoms with Crippen molar-refractivity contribution in [1.82, 2.24) is 20.1 Å². The van der Waals surface area contributed by atoms with E-state index >= 15 is 0 Å². The molecule has 28 heavy (non-hydrogen) atoms. The van der Waals surface area contributed by atoms with E-state index in [-0.39, 0.29) is 6.10 Å². The average molecular weight is 387 g/mol. The molecule has 4 heterocycles. The van der Waals surface area contributed by atoms with Gasteiger partial charge in [-0.25, -0.2) is 9.97 Å². The van der Waals surface area contributed by atoms with Crippen LogP contribution in [0.25, 0.3) is 0 Å². The van der Waals surface area contributed by atoms with Crippen LogP contribution in [0.1, 0.15) is 38.0 Å². The molecule has 2 aromatic heterocycles. The molecule has 9 nitrogen and oxygen atoms in total. The van der Waals surface area contributed by atoms with Gasteiger partial charge < -0.3 is 24.3 Å². The van der Waals surface area contributed by atoms with Gasteiger partial charge in [-0.05, 0) is 31.3 Å². The second-order valence-corrected chi connectivity index (χ2v) is 8.06. The molecule has 1 N–H and O–H groups in total. The standard InChI is InChI=1S/C19H29N7O2/c1-13(27)15-6-9-26(11-15)17-10-16(20-12-21-17)25-7-4-14(5-8-25)18-22-19(23-28-18)24(2)3/h10,12-15,27H,4-9,11H2,1-3H3. The lowest BCUT2D eigenvalue weighted by Crippen LogP contribution is -2.34. The van der Waals surface area contributed by atoms with Crippen LogP contribution in [0.5, 0.6) is 0 Å². The summed E-state index contributed by atoms with van der Waals surface area (Å²) >= 11 is 0. The number of aromatic nitrogens is 4. The fourth-order valence-electron chi connectivity index (χ4n) is 4.00. The minimum Gasteiger partial charge on any atom is -0.393 e. The summed E-state index contributed by atoms with van der Waals surface area (Å²) in [5, 5.41) is 13.9. The van der Waals surface area contributed by atoms with E-state index in [0.29, 0.717) is 17.8 Å². The number of aliphatic hydroxyl groups excluding tert-OH is 1. The molecular formula is C19H29N7O2. The Morgan fingerprint density at radius 3 is 2.39 bits per heavy atom. The van der Waals surface area contributed by atoms with Crippen molar-refractivity contribution < 1.29 is 9.63 Å². The molecule has 2 atom stereocenters. The highest BCUT2D eigenvalue weighted by molar-refractivity contribution is 5.51. The molecule has 0 spiro atoms. The summed E-state index contributed by atoms with van der Waals surface area (Å²) in [6, 6.07) is 2.07. The van der Waals surface area contributed by atoms with E-state index in [2.05, 4.69) is 36.0 Å². The highest BCUT2D eigenvalue weighted by atomic mass is 16.5. The van der Waals surface area contributed by atoms with E-state index in [1.807, 2.05) is 25.9 Å². The average Bonchev–Trinajstić information content (AvgIpc) is 3.38. The zero-order valence-electron chi connectivity index (χ0n) is 16.8. The van der Waals surface area contributed by atoms with Gasteiger partial charge in [-0.2, -0.15) is 4.98 Å². The first-order valence-corrected chi connectivity index (χ1v) is 10.0. The fraction of sp³-hybridized carbons (Fsp3) is 0.684. The highest BCUT2D eigenvalue weighted by Gasteiger charge is 2.29. The molecule has 0 radical (unpaired) electrons. The molecule has 0 aliphatic carbocycles. The second kappa shape index (κ2) is 7.90. The maximum Gasteiger partial charge on any atom is 0.265 e. The summed E-state index contributed by atoms with van der Waals surface area (Å²) < 4.78 is 5.45. The van der Waals surface area contributed by atoms with Gasteiger partial charge in [0.2, 0.25) is 5.89 Å². The Hall–Kier alpha value is -2.42. The number of nitrogens with zero attached hydrogens (tertiary/aromatic N) is 7. The summed E-state index contributed by atoms with van der Waals surface area (Å²) in [6.07, 6.45) is 4.29. The summed E-state index contributed by atoms with van der Waals surface area (Å²) in [6.45, 7) is 5.45. The number of hydrogen-bond acceptors (Lipinski definition) is 9. The molecule has 4 rings (SSSR count). The van der Waals surface area contributed by atoms with Crippen molar-refractivity contribution in [2.45, 2.75) is 38.2 Å². The molecule has 2 unspecified atom stereocenters. The number of anilines is 3. The predicted molar refractivity (Wildman–Crippen MR) is 107 cm³/mol. The SMILES string of the molecule is CC(O)C1CCN(c2cc(N3CCC(c4nc(N(C)C)no4)CC3)ncn2)C1. The first kappa shape index (κ1) is 18.9. The predicted octanol–water partition coefficient (Wildman–Crippen LogP) is 1.52. The molecule has 9 heteroatoms. The van der Waals surface area contributed by atoms with Gasteiger partial charge >= 0.3 is 0 Å². The van der Waals surface area contributed by atoms with E-state index in [9.17, 15) is 5.11 Å². The molecule has 0 saturated carbocycles. The minimum atomic E-state index is -0.275. The van der Waals surface area contributed by atoms with Crippen LogP contribution in [0.15, 0.2) is 16.9 Å². The van der Waals surface area contributed by atoms with Crippen molar-refractivity contribution in [2.24, 2.45) is 5.92 Å². The molecule has 0 aromatic carbocycles. The Bertz CT molecular complexity index is 786. The van der Waals surface area contributed by atoms with Crippen LogP contribution in [0, 0.1) is 5.92 Å². The van der Waals surface area contributed by atoms with Crippen LogP contribution >= 0.6 is 0 Å². The van der Waals surface area contributed by atoms with Gasteiger partial charge in [-0.15, -0.1) is 0 Å². The van der Waals surface area contributed by atoms with Crippen LogP contribution < -0.4 is 14.7 Å². The van der Waals surface area contributed by atoms with Crippen molar-refractivity contribution >= 4 is 17.6 Å². The molecule has 152 valence electrons. The summed E-state index contributed by atoms with van der Waals surface area (Å²) in [4.78, 5) is 19.8. The molecule has 0 amide bonds. The van der Waals surface area contributed by atoms with E-state index in [4.69, 9.17) is 4.52 Å². The van der Waals surface area contributed by atoms with Crippen LogP contribution in [0.4, 0.5) is 17.6 Å². The molecule has 2 saturated heterocycles. The first-order valence-electron chi connectivity index (χ1n) is 10.0. The maximum atomic E-state index is 9.84. The van der Waals surface area contributed by atoms with Gasteiger partial charge in [-0.3, -0.25) is 0 Å². The van der Waals surface area contributed by atoms with E-state index < -0.39 is 0 Å². The number of aliphatic hydroxyl groups is 1.